The second kappa shape index (κ2) is 8.05. The lowest BCUT2D eigenvalue weighted by Gasteiger charge is -2.26. The number of aliphatic hydroxyl groups excluding tert-OH is 1. The maximum absolute atomic E-state index is 13.8. The molecule has 1 aromatic carbocycles. The molecule has 0 saturated heterocycles. The summed E-state index contributed by atoms with van der Waals surface area (Å²) in [6.07, 6.45) is 6.66. The zero-order valence-electron chi connectivity index (χ0n) is 14.6. The van der Waals surface area contributed by atoms with Crippen LogP contribution in [0.2, 0.25) is 0 Å². The quantitative estimate of drug-likeness (QED) is 0.854. The molecule has 1 atom stereocenters. The van der Waals surface area contributed by atoms with Crippen molar-refractivity contribution in [1.29, 1.82) is 0 Å². The Kier molecular flexibility index (Phi) is 5.78. The number of hydrogen-bond donors (Lipinski definition) is 1. The Bertz CT molecular complexity index is 780. The van der Waals surface area contributed by atoms with Gasteiger partial charge in [-0.25, -0.2) is 13.2 Å². The molecule has 0 spiro atoms. The molecule has 1 aromatic heterocycles. The van der Waals surface area contributed by atoms with Gasteiger partial charge in [0.15, 0.2) is 0 Å². The third-order valence-corrected chi connectivity index (χ3v) is 4.65. The summed E-state index contributed by atoms with van der Waals surface area (Å²) in [6, 6.07) is 1.42. The van der Waals surface area contributed by atoms with E-state index in [9.17, 15) is 18.3 Å². The fraction of sp³-hybridized carbons (Fsp3) is 0.421. The molecule has 0 amide bonds. The van der Waals surface area contributed by atoms with E-state index >= 15 is 0 Å². The molecule has 0 saturated carbocycles. The first kappa shape index (κ1) is 18.7. The summed E-state index contributed by atoms with van der Waals surface area (Å²) < 4.78 is 42.3. The van der Waals surface area contributed by atoms with E-state index in [0.29, 0.717) is 38.2 Å². The summed E-state index contributed by atoms with van der Waals surface area (Å²) in [5.74, 6) is -2.61. The summed E-state index contributed by atoms with van der Waals surface area (Å²) in [6.45, 7) is 3.67. The largest absolute Gasteiger partial charge is 0.391 e. The van der Waals surface area contributed by atoms with E-state index in [1.165, 1.54) is 0 Å². The Morgan fingerprint density at radius 1 is 1.23 bits per heavy atom. The van der Waals surface area contributed by atoms with Gasteiger partial charge in [-0.1, -0.05) is 13.0 Å². The molecule has 0 fully saturated rings. The van der Waals surface area contributed by atoms with Crippen LogP contribution < -0.4 is 0 Å². The first-order valence-electron chi connectivity index (χ1n) is 8.72. The lowest BCUT2D eigenvalue weighted by atomic mass is 10.0. The highest BCUT2D eigenvalue weighted by atomic mass is 19.1. The maximum Gasteiger partial charge on any atom is 0.133 e. The third-order valence-electron chi connectivity index (χ3n) is 4.65. The lowest BCUT2D eigenvalue weighted by molar-refractivity contribution is 0.145. The predicted molar refractivity (Wildman–Crippen MR) is 92.7 cm³/mol. The number of aliphatic hydroxyl groups is 1. The number of halogens is 3. The van der Waals surface area contributed by atoms with Crippen molar-refractivity contribution in [2.45, 2.75) is 39.0 Å². The normalized spacial score (nSPS) is 16.6. The number of aromatic nitrogens is 2. The van der Waals surface area contributed by atoms with Crippen LogP contribution in [0.1, 0.15) is 30.9 Å². The fourth-order valence-corrected chi connectivity index (χ4v) is 3.04. The van der Waals surface area contributed by atoms with Gasteiger partial charge in [0, 0.05) is 49.1 Å². The number of nitrogens with zero attached hydrogens (tertiary/aromatic N) is 3. The molecular formula is C19H22F3N3O. The van der Waals surface area contributed by atoms with E-state index in [4.69, 9.17) is 0 Å². The van der Waals surface area contributed by atoms with Crippen LogP contribution in [0.25, 0.3) is 5.57 Å². The van der Waals surface area contributed by atoms with Gasteiger partial charge >= 0.3 is 0 Å². The van der Waals surface area contributed by atoms with Crippen LogP contribution in [0.4, 0.5) is 13.2 Å². The van der Waals surface area contributed by atoms with Crippen molar-refractivity contribution >= 4 is 5.57 Å². The van der Waals surface area contributed by atoms with Crippen molar-refractivity contribution in [2.75, 3.05) is 13.1 Å². The van der Waals surface area contributed by atoms with Crippen molar-refractivity contribution in [2.24, 2.45) is 0 Å². The highest BCUT2D eigenvalue weighted by Gasteiger charge is 2.19. The summed E-state index contributed by atoms with van der Waals surface area (Å²) in [5, 5.41) is 14.0. The maximum atomic E-state index is 13.8. The van der Waals surface area contributed by atoms with Crippen molar-refractivity contribution < 1.29 is 18.3 Å². The molecule has 26 heavy (non-hydrogen) atoms. The van der Waals surface area contributed by atoms with Gasteiger partial charge in [-0.3, -0.25) is 9.58 Å². The number of benzene rings is 1. The molecule has 1 aliphatic heterocycles. The van der Waals surface area contributed by atoms with E-state index in [0.717, 1.165) is 17.6 Å². The topological polar surface area (TPSA) is 41.3 Å². The molecule has 3 rings (SSSR count). The minimum absolute atomic E-state index is 0.101. The average molecular weight is 365 g/mol. The first-order chi connectivity index (χ1) is 12.5. The molecular weight excluding hydrogens is 343 g/mol. The second-order valence-electron chi connectivity index (χ2n) is 6.58. The van der Waals surface area contributed by atoms with Gasteiger partial charge in [-0.05, 0) is 18.4 Å². The Morgan fingerprint density at radius 2 is 1.96 bits per heavy atom. The van der Waals surface area contributed by atoms with Crippen LogP contribution in [0, 0.1) is 17.5 Å². The molecule has 0 aliphatic carbocycles. The first-order valence-corrected chi connectivity index (χ1v) is 8.72. The summed E-state index contributed by atoms with van der Waals surface area (Å²) in [4.78, 5) is 1.91. The van der Waals surface area contributed by atoms with E-state index in [2.05, 4.69) is 5.10 Å². The predicted octanol–water partition coefficient (Wildman–Crippen LogP) is 3.36. The summed E-state index contributed by atoms with van der Waals surface area (Å²) >= 11 is 0. The molecule has 7 heteroatoms. The van der Waals surface area contributed by atoms with Crippen LogP contribution in [0.3, 0.4) is 0 Å². The van der Waals surface area contributed by atoms with E-state index in [-0.39, 0.29) is 12.1 Å². The number of rotatable bonds is 6. The highest BCUT2D eigenvalue weighted by Crippen LogP contribution is 2.24. The van der Waals surface area contributed by atoms with E-state index < -0.39 is 23.6 Å². The van der Waals surface area contributed by atoms with Crippen LogP contribution in [-0.4, -0.2) is 39.0 Å². The van der Waals surface area contributed by atoms with Gasteiger partial charge in [-0.15, -0.1) is 0 Å². The molecule has 0 radical (unpaired) electrons. The SMILES string of the molecule is CCC(O)Cn1cc(C2=CCN(Cc3c(F)cc(F)cc3F)CC2)cn1. The lowest BCUT2D eigenvalue weighted by Crippen LogP contribution is -2.29. The van der Waals surface area contributed by atoms with Gasteiger partial charge in [0.2, 0.25) is 0 Å². The smallest absolute Gasteiger partial charge is 0.133 e. The van der Waals surface area contributed by atoms with Gasteiger partial charge in [0.05, 0.1) is 18.8 Å². The molecule has 4 nitrogen and oxygen atoms in total. The molecule has 0 bridgehead atoms. The minimum Gasteiger partial charge on any atom is -0.391 e. The van der Waals surface area contributed by atoms with E-state index in [1.807, 2.05) is 24.1 Å². The van der Waals surface area contributed by atoms with Crippen LogP contribution in [0.15, 0.2) is 30.6 Å². The standard InChI is InChI=1S/C19H22F3N3O/c1-2-16(26)11-25-10-14(9-23-25)13-3-5-24(6-4-13)12-17-18(21)7-15(20)8-19(17)22/h3,7-10,16,26H,2,4-6,11-12H2,1H3. The fourth-order valence-electron chi connectivity index (χ4n) is 3.04. The average Bonchev–Trinajstić information content (AvgIpc) is 3.07. The Labute approximate surface area is 150 Å². The molecule has 1 aliphatic rings. The Morgan fingerprint density at radius 3 is 2.58 bits per heavy atom. The zero-order valence-corrected chi connectivity index (χ0v) is 14.6. The molecule has 2 heterocycles. The minimum atomic E-state index is -0.908. The van der Waals surface area contributed by atoms with Crippen LogP contribution in [-0.2, 0) is 13.1 Å². The van der Waals surface area contributed by atoms with Gasteiger partial charge < -0.3 is 5.11 Å². The van der Waals surface area contributed by atoms with Crippen molar-refractivity contribution in [3.63, 3.8) is 0 Å². The highest BCUT2D eigenvalue weighted by molar-refractivity contribution is 5.65. The van der Waals surface area contributed by atoms with Gasteiger partial charge in [0.25, 0.3) is 0 Å². The summed E-state index contributed by atoms with van der Waals surface area (Å²) in [5.41, 5.74) is 2.01. The Hall–Kier alpha value is -2.12. The van der Waals surface area contributed by atoms with Crippen molar-refractivity contribution in [1.82, 2.24) is 14.7 Å². The number of hydrogen-bond acceptors (Lipinski definition) is 3. The Balaban J connectivity index is 1.64. The van der Waals surface area contributed by atoms with E-state index in [1.54, 1.807) is 10.9 Å². The zero-order chi connectivity index (χ0) is 18.7. The van der Waals surface area contributed by atoms with Crippen LogP contribution >= 0.6 is 0 Å². The molecule has 1 N–H and O–H groups in total. The van der Waals surface area contributed by atoms with Crippen LogP contribution in [0.5, 0.6) is 0 Å². The monoisotopic (exact) mass is 365 g/mol. The van der Waals surface area contributed by atoms with Gasteiger partial charge in [0.1, 0.15) is 17.5 Å². The molecule has 2 aromatic rings. The third kappa shape index (κ3) is 4.34. The molecule has 140 valence electrons. The summed E-state index contributed by atoms with van der Waals surface area (Å²) in [7, 11) is 0. The second-order valence-corrected chi connectivity index (χ2v) is 6.58. The van der Waals surface area contributed by atoms with Crippen molar-refractivity contribution in [3.05, 3.63) is 59.2 Å². The van der Waals surface area contributed by atoms with Gasteiger partial charge in [-0.2, -0.15) is 5.10 Å². The molecule has 1 unspecified atom stereocenters. The van der Waals surface area contributed by atoms with Crippen molar-refractivity contribution in [3.8, 4) is 0 Å².